The van der Waals surface area contributed by atoms with E-state index in [4.69, 9.17) is 16.6 Å². The number of unbranched alkanes of at least 4 members (excludes halogenated alkanes) is 1. The van der Waals surface area contributed by atoms with Crippen LogP contribution in [0.4, 0.5) is 0 Å². The monoisotopic (exact) mass is 224 g/mol. The summed E-state index contributed by atoms with van der Waals surface area (Å²) in [6.07, 6.45) is 1.04. The van der Waals surface area contributed by atoms with E-state index in [2.05, 4.69) is 0 Å². The van der Waals surface area contributed by atoms with Crippen LogP contribution in [-0.4, -0.2) is 36.7 Å². The zero-order valence-corrected chi connectivity index (χ0v) is 8.88. The van der Waals surface area contributed by atoms with Crippen LogP contribution in [0.1, 0.15) is 19.8 Å². The quantitative estimate of drug-likeness (QED) is 0.526. The van der Waals surface area contributed by atoms with Gasteiger partial charge in [0.05, 0.1) is 5.75 Å². The summed E-state index contributed by atoms with van der Waals surface area (Å²) in [5.74, 6) is -1.85. The van der Waals surface area contributed by atoms with Crippen molar-refractivity contribution in [1.82, 2.24) is 0 Å². The van der Waals surface area contributed by atoms with Crippen molar-refractivity contribution in [3.63, 3.8) is 0 Å². The van der Waals surface area contributed by atoms with E-state index in [1.54, 1.807) is 6.92 Å². The van der Waals surface area contributed by atoms with Gasteiger partial charge in [-0.15, -0.1) is 0 Å². The van der Waals surface area contributed by atoms with Crippen molar-refractivity contribution in [3.05, 3.63) is 0 Å². The van der Waals surface area contributed by atoms with Crippen LogP contribution in [0, 0.1) is 0 Å². The lowest BCUT2D eigenvalue weighted by Crippen LogP contribution is -2.60. The Balaban J connectivity index is 4.93. The van der Waals surface area contributed by atoms with Crippen LogP contribution in [-0.2, 0) is 14.6 Å². The van der Waals surface area contributed by atoms with Gasteiger partial charge < -0.3 is 16.6 Å². The minimum absolute atomic E-state index is 0.247. The van der Waals surface area contributed by atoms with Crippen LogP contribution >= 0.6 is 0 Å². The Hall–Kier alpha value is -0.660. The Bertz CT molecular complexity index is 301. The lowest BCUT2D eigenvalue weighted by atomic mass is 10.3. The normalized spacial score (nSPS) is 16.2. The molecule has 0 bridgehead atoms. The average molecular weight is 224 g/mol. The molecule has 84 valence electrons. The number of carbonyl (C=O) groups is 1. The molecule has 6 nitrogen and oxygen atoms in total. The third-order valence-corrected chi connectivity index (χ3v) is 4.26. The first-order chi connectivity index (χ1) is 6.31. The van der Waals surface area contributed by atoms with Crippen molar-refractivity contribution in [3.8, 4) is 0 Å². The molecule has 0 fully saturated rings. The molecule has 0 amide bonds. The van der Waals surface area contributed by atoms with Crippen LogP contribution in [0.2, 0.25) is 0 Å². The first-order valence-corrected chi connectivity index (χ1v) is 5.91. The molecule has 0 aliphatic carbocycles. The van der Waals surface area contributed by atoms with Gasteiger partial charge in [-0.25, -0.2) is 13.2 Å². The van der Waals surface area contributed by atoms with Gasteiger partial charge in [-0.3, -0.25) is 0 Å². The Morgan fingerprint density at radius 3 is 2.29 bits per heavy atom. The molecular weight excluding hydrogens is 208 g/mol. The third kappa shape index (κ3) is 2.43. The second kappa shape index (κ2) is 4.72. The third-order valence-electron chi connectivity index (χ3n) is 1.99. The van der Waals surface area contributed by atoms with Gasteiger partial charge in [0.15, 0.2) is 9.84 Å². The van der Waals surface area contributed by atoms with Gasteiger partial charge in [-0.2, -0.15) is 0 Å². The molecular formula is C7H16N2O4S. The molecule has 5 N–H and O–H groups in total. The Morgan fingerprint density at radius 1 is 1.50 bits per heavy atom. The van der Waals surface area contributed by atoms with Gasteiger partial charge in [-0.1, -0.05) is 13.3 Å². The summed E-state index contributed by atoms with van der Waals surface area (Å²) in [5, 5.41) is 8.68. The number of rotatable bonds is 6. The molecule has 0 radical (unpaired) electrons. The number of sulfone groups is 1. The highest BCUT2D eigenvalue weighted by Gasteiger charge is 2.45. The summed E-state index contributed by atoms with van der Waals surface area (Å²) >= 11 is 0. The van der Waals surface area contributed by atoms with Gasteiger partial charge in [0.2, 0.25) is 4.87 Å². The van der Waals surface area contributed by atoms with Gasteiger partial charge in [0.25, 0.3) is 0 Å². The predicted octanol–water partition coefficient (Wildman–Crippen LogP) is -1.10. The molecule has 0 aromatic rings. The summed E-state index contributed by atoms with van der Waals surface area (Å²) in [4.78, 5) is 8.33. The van der Waals surface area contributed by atoms with E-state index in [1.165, 1.54) is 0 Å². The topological polar surface area (TPSA) is 123 Å². The maximum absolute atomic E-state index is 11.5. The van der Waals surface area contributed by atoms with Crippen LogP contribution < -0.4 is 11.5 Å². The number of aliphatic carboxylic acids is 1. The van der Waals surface area contributed by atoms with E-state index in [9.17, 15) is 13.2 Å². The molecule has 1 unspecified atom stereocenters. The van der Waals surface area contributed by atoms with E-state index < -0.39 is 27.2 Å². The average Bonchev–Trinajstić information content (AvgIpc) is 2.12. The molecule has 0 rings (SSSR count). The highest BCUT2D eigenvalue weighted by molar-refractivity contribution is 7.93. The van der Waals surface area contributed by atoms with E-state index in [0.29, 0.717) is 12.8 Å². The largest absolute Gasteiger partial charge is 0.479 e. The number of carboxylic acids is 1. The lowest BCUT2D eigenvalue weighted by Gasteiger charge is -2.22. The Kier molecular flexibility index (Phi) is 4.50. The maximum Gasteiger partial charge on any atom is 0.340 e. The van der Waals surface area contributed by atoms with Crippen molar-refractivity contribution < 1.29 is 18.3 Å². The summed E-state index contributed by atoms with van der Waals surface area (Å²) < 4.78 is 23.0. The first kappa shape index (κ1) is 13.3. The maximum atomic E-state index is 11.5. The van der Waals surface area contributed by atoms with Crippen molar-refractivity contribution in [2.24, 2.45) is 11.5 Å². The van der Waals surface area contributed by atoms with Crippen LogP contribution in [0.5, 0.6) is 0 Å². The Morgan fingerprint density at radius 2 is 2.00 bits per heavy atom. The first-order valence-electron chi connectivity index (χ1n) is 4.26. The van der Waals surface area contributed by atoms with E-state index in [1.807, 2.05) is 0 Å². The van der Waals surface area contributed by atoms with Gasteiger partial charge in [0.1, 0.15) is 0 Å². The standard InChI is InChI=1S/C7H16N2O4S/c1-2-3-4-14(12,13)7(9,5-8)6(10)11/h2-5,8-9H2,1H3,(H,10,11). The SMILES string of the molecule is CCCCS(=O)(=O)C(N)(CN)C(=O)O. The highest BCUT2D eigenvalue weighted by Crippen LogP contribution is 2.13. The zero-order chi connectivity index (χ0) is 11.4. The van der Waals surface area contributed by atoms with E-state index in [0.717, 1.165) is 0 Å². The van der Waals surface area contributed by atoms with Gasteiger partial charge >= 0.3 is 5.97 Å². The van der Waals surface area contributed by atoms with Gasteiger partial charge in [0, 0.05) is 6.54 Å². The second-order valence-electron chi connectivity index (χ2n) is 3.07. The van der Waals surface area contributed by atoms with Crippen LogP contribution in [0.25, 0.3) is 0 Å². The number of hydrogen-bond acceptors (Lipinski definition) is 5. The fraction of sp³-hybridized carbons (Fsp3) is 0.857. The molecule has 0 heterocycles. The molecule has 0 aromatic heterocycles. The minimum Gasteiger partial charge on any atom is -0.479 e. The van der Waals surface area contributed by atoms with Crippen molar-refractivity contribution >= 4 is 15.8 Å². The predicted molar refractivity (Wildman–Crippen MR) is 52.3 cm³/mol. The minimum atomic E-state index is -3.88. The molecule has 0 saturated carbocycles. The van der Waals surface area contributed by atoms with Crippen LogP contribution in [0.15, 0.2) is 0 Å². The molecule has 0 aliphatic rings. The summed E-state index contributed by atoms with van der Waals surface area (Å²) in [6, 6.07) is 0. The number of hydrogen-bond donors (Lipinski definition) is 3. The second-order valence-corrected chi connectivity index (χ2v) is 5.44. The molecule has 0 aliphatic heterocycles. The molecule has 0 saturated heterocycles. The van der Waals surface area contributed by atoms with Crippen LogP contribution in [0.3, 0.4) is 0 Å². The zero-order valence-electron chi connectivity index (χ0n) is 8.06. The number of nitrogens with two attached hydrogens (primary N) is 2. The fourth-order valence-corrected chi connectivity index (χ4v) is 2.42. The van der Waals surface area contributed by atoms with E-state index >= 15 is 0 Å². The smallest absolute Gasteiger partial charge is 0.340 e. The molecule has 7 heteroatoms. The molecule has 1 atom stereocenters. The van der Waals surface area contributed by atoms with Crippen molar-refractivity contribution in [2.75, 3.05) is 12.3 Å². The molecule has 14 heavy (non-hydrogen) atoms. The lowest BCUT2D eigenvalue weighted by molar-refractivity contribution is -0.139. The summed E-state index contributed by atoms with van der Waals surface area (Å²) in [6.45, 7) is 1.19. The van der Waals surface area contributed by atoms with E-state index in [-0.39, 0.29) is 5.75 Å². The fourth-order valence-electron chi connectivity index (χ4n) is 0.864. The summed E-state index contributed by atoms with van der Waals surface area (Å²) in [7, 11) is -3.88. The number of carboxylic acid groups (broad SMARTS) is 1. The molecule has 0 spiro atoms. The summed E-state index contributed by atoms with van der Waals surface area (Å²) in [5.41, 5.74) is 10.3. The van der Waals surface area contributed by atoms with Crippen molar-refractivity contribution in [2.45, 2.75) is 24.6 Å². The van der Waals surface area contributed by atoms with Crippen molar-refractivity contribution in [1.29, 1.82) is 0 Å². The Labute approximate surface area is 83.2 Å². The van der Waals surface area contributed by atoms with Gasteiger partial charge in [-0.05, 0) is 6.42 Å². The highest BCUT2D eigenvalue weighted by atomic mass is 32.2. The molecule has 0 aromatic carbocycles.